The monoisotopic (exact) mass is 288 g/mol. The molecule has 1 N–H and O–H groups in total. The van der Waals surface area contributed by atoms with Crippen molar-refractivity contribution in [1.29, 1.82) is 0 Å². The number of phenols is 1. The Bertz CT molecular complexity index is 717. The van der Waals surface area contributed by atoms with Crippen molar-refractivity contribution in [2.24, 2.45) is 0 Å². The summed E-state index contributed by atoms with van der Waals surface area (Å²) in [6.07, 6.45) is 0.919. The van der Waals surface area contributed by atoms with E-state index in [2.05, 4.69) is 55.5 Å². The van der Waals surface area contributed by atoms with Gasteiger partial charge in [-0.3, -0.25) is 0 Å². The average molecular weight is 288 g/mol. The lowest BCUT2D eigenvalue weighted by atomic mass is 9.72. The summed E-state index contributed by atoms with van der Waals surface area (Å²) >= 11 is 0. The number of hydrogen-bond acceptors (Lipinski definition) is 1. The van der Waals surface area contributed by atoms with Crippen molar-refractivity contribution in [3.8, 4) is 5.75 Å². The van der Waals surface area contributed by atoms with Crippen molar-refractivity contribution in [2.45, 2.75) is 18.8 Å². The maximum atomic E-state index is 9.58. The SMILES string of the molecule is C[C@](Cc1ccccc1)(c1ccccc1)c1ccc(O)cc1. The van der Waals surface area contributed by atoms with Crippen molar-refractivity contribution in [3.05, 3.63) is 102 Å². The fourth-order valence-corrected chi connectivity index (χ4v) is 3.01. The van der Waals surface area contributed by atoms with Crippen molar-refractivity contribution >= 4 is 0 Å². The van der Waals surface area contributed by atoms with Crippen LogP contribution in [0.3, 0.4) is 0 Å². The zero-order valence-electron chi connectivity index (χ0n) is 12.7. The summed E-state index contributed by atoms with van der Waals surface area (Å²) in [5, 5.41) is 9.58. The molecule has 0 unspecified atom stereocenters. The first-order chi connectivity index (χ1) is 10.7. The number of hydrogen-bond donors (Lipinski definition) is 1. The van der Waals surface area contributed by atoms with Gasteiger partial charge in [0.15, 0.2) is 0 Å². The van der Waals surface area contributed by atoms with Crippen LogP contribution in [0.1, 0.15) is 23.6 Å². The van der Waals surface area contributed by atoms with Crippen molar-refractivity contribution in [3.63, 3.8) is 0 Å². The molecule has 22 heavy (non-hydrogen) atoms. The molecule has 0 aromatic heterocycles. The van der Waals surface area contributed by atoms with Gasteiger partial charge in [-0.05, 0) is 35.2 Å². The molecule has 0 aliphatic heterocycles. The van der Waals surface area contributed by atoms with Gasteiger partial charge in [0, 0.05) is 5.41 Å². The fraction of sp³-hybridized carbons (Fsp3) is 0.143. The van der Waals surface area contributed by atoms with Gasteiger partial charge in [-0.25, -0.2) is 0 Å². The smallest absolute Gasteiger partial charge is 0.115 e. The second-order valence-corrected chi connectivity index (χ2v) is 5.91. The van der Waals surface area contributed by atoms with Gasteiger partial charge in [0.25, 0.3) is 0 Å². The van der Waals surface area contributed by atoms with E-state index in [1.165, 1.54) is 16.7 Å². The van der Waals surface area contributed by atoms with Crippen molar-refractivity contribution in [2.75, 3.05) is 0 Å². The molecule has 0 spiro atoms. The highest BCUT2D eigenvalue weighted by Gasteiger charge is 2.29. The molecule has 0 aliphatic carbocycles. The van der Waals surface area contributed by atoms with E-state index in [0.29, 0.717) is 5.75 Å². The molecule has 0 bridgehead atoms. The molecule has 1 heteroatoms. The van der Waals surface area contributed by atoms with Gasteiger partial charge in [0.2, 0.25) is 0 Å². The summed E-state index contributed by atoms with van der Waals surface area (Å²) in [6.45, 7) is 2.27. The number of benzene rings is 3. The van der Waals surface area contributed by atoms with E-state index < -0.39 is 0 Å². The van der Waals surface area contributed by atoms with Gasteiger partial charge >= 0.3 is 0 Å². The van der Waals surface area contributed by atoms with Crippen LogP contribution in [-0.4, -0.2) is 5.11 Å². The first kappa shape index (κ1) is 14.4. The van der Waals surface area contributed by atoms with Gasteiger partial charge in [-0.1, -0.05) is 79.7 Å². The third-order valence-electron chi connectivity index (χ3n) is 4.32. The van der Waals surface area contributed by atoms with Gasteiger partial charge in [-0.2, -0.15) is 0 Å². The van der Waals surface area contributed by atoms with Crippen LogP contribution in [0, 0.1) is 0 Å². The van der Waals surface area contributed by atoms with Gasteiger partial charge in [0.1, 0.15) is 5.75 Å². The van der Waals surface area contributed by atoms with Crippen molar-refractivity contribution in [1.82, 2.24) is 0 Å². The van der Waals surface area contributed by atoms with Crippen LogP contribution < -0.4 is 0 Å². The minimum atomic E-state index is -0.129. The molecule has 0 heterocycles. The van der Waals surface area contributed by atoms with Crippen LogP contribution in [0.25, 0.3) is 0 Å². The second-order valence-electron chi connectivity index (χ2n) is 5.91. The molecule has 110 valence electrons. The number of phenolic OH excluding ortho intramolecular Hbond substituents is 1. The molecule has 0 aliphatic rings. The molecule has 1 nitrogen and oxygen atoms in total. The first-order valence-corrected chi connectivity index (χ1v) is 7.57. The summed E-state index contributed by atoms with van der Waals surface area (Å²) in [7, 11) is 0. The fourth-order valence-electron chi connectivity index (χ4n) is 3.01. The Kier molecular flexibility index (Phi) is 3.97. The van der Waals surface area contributed by atoms with E-state index in [1.807, 2.05) is 24.3 Å². The third kappa shape index (κ3) is 2.89. The maximum absolute atomic E-state index is 9.58. The van der Waals surface area contributed by atoms with E-state index in [4.69, 9.17) is 0 Å². The topological polar surface area (TPSA) is 20.2 Å². The molecular formula is C21H20O. The Labute approximate surface area is 131 Å². The molecule has 3 aromatic rings. The van der Waals surface area contributed by atoms with E-state index in [1.54, 1.807) is 12.1 Å². The standard InChI is InChI=1S/C21H20O/c1-21(18-10-6-3-7-11-18,16-17-8-4-2-5-9-17)19-12-14-20(22)15-13-19/h2-15,22H,16H2,1H3/t21-/m0/s1. The Balaban J connectivity index is 2.07. The maximum Gasteiger partial charge on any atom is 0.115 e. The Morgan fingerprint density at radius 1 is 0.682 bits per heavy atom. The molecule has 1 atom stereocenters. The molecule has 3 aromatic carbocycles. The molecular weight excluding hydrogens is 268 g/mol. The largest absolute Gasteiger partial charge is 0.508 e. The summed E-state index contributed by atoms with van der Waals surface area (Å²) in [5.74, 6) is 0.305. The van der Waals surface area contributed by atoms with E-state index in [0.717, 1.165) is 6.42 Å². The molecule has 0 saturated heterocycles. The molecule has 0 saturated carbocycles. The van der Waals surface area contributed by atoms with Gasteiger partial charge < -0.3 is 5.11 Å². The number of aromatic hydroxyl groups is 1. The van der Waals surface area contributed by atoms with E-state index >= 15 is 0 Å². The van der Waals surface area contributed by atoms with Crippen LogP contribution in [0.2, 0.25) is 0 Å². The van der Waals surface area contributed by atoms with Crippen LogP contribution in [0.4, 0.5) is 0 Å². The van der Waals surface area contributed by atoms with Crippen LogP contribution in [0.15, 0.2) is 84.9 Å². The Morgan fingerprint density at radius 2 is 1.18 bits per heavy atom. The first-order valence-electron chi connectivity index (χ1n) is 7.57. The van der Waals surface area contributed by atoms with Gasteiger partial charge in [-0.15, -0.1) is 0 Å². The van der Waals surface area contributed by atoms with Crippen molar-refractivity contribution < 1.29 is 5.11 Å². The van der Waals surface area contributed by atoms with Crippen LogP contribution >= 0.6 is 0 Å². The highest BCUT2D eigenvalue weighted by Crippen LogP contribution is 2.36. The molecule has 0 amide bonds. The lowest BCUT2D eigenvalue weighted by molar-refractivity contribution is 0.474. The summed E-state index contributed by atoms with van der Waals surface area (Å²) in [6, 6.07) is 28.7. The predicted octanol–water partition coefficient (Wildman–Crippen LogP) is 4.94. The predicted molar refractivity (Wildman–Crippen MR) is 91.1 cm³/mol. The quantitative estimate of drug-likeness (QED) is 0.721. The highest BCUT2D eigenvalue weighted by atomic mass is 16.3. The lowest BCUT2D eigenvalue weighted by Gasteiger charge is -2.31. The molecule has 3 rings (SSSR count). The second kappa shape index (κ2) is 6.07. The van der Waals surface area contributed by atoms with E-state index in [9.17, 15) is 5.11 Å². The molecule has 0 radical (unpaired) electrons. The summed E-state index contributed by atoms with van der Waals surface area (Å²) in [5.41, 5.74) is 3.67. The molecule has 0 fully saturated rings. The van der Waals surface area contributed by atoms with E-state index in [-0.39, 0.29) is 5.41 Å². The normalized spacial score (nSPS) is 13.5. The minimum Gasteiger partial charge on any atom is -0.508 e. The summed E-state index contributed by atoms with van der Waals surface area (Å²) in [4.78, 5) is 0. The Morgan fingerprint density at radius 3 is 1.77 bits per heavy atom. The zero-order chi connectivity index (χ0) is 15.4. The number of rotatable bonds is 4. The van der Waals surface area contributed by atoms with Crippen LogP contribution in [0.5, 0.6) is 5.75 Å². The summed E-state index contributed by atoms with van der Waals surface area (Å²) < 4.78 is 0. The average Bonchev–Trinajstić information content (AvgIpc) is 2.57. The van der Waals surface area contributed by atoms with Crippen LogP contribution in [-0.2, 0) is 11.8 Å². The lowest BCUT2D eigenvalue weighted by Crippen LogP contribution is -2.26. The zero-order valence-corrected chi connectivity index (χ0v) is 12.7. The van der Waals surface area contributed by atoms with Gasteiger partial charge in [0.05, 0.1) is 0 Å². The minimum absolute atomic E-state index is 0.129. The Hall–Kier alpha value is -2.54. The highest BCUT2D eigenvalue weighted by molar-refractivity contribution is 5.42. The third-order valence-corrected chi connectivity index (χ3v) is 4.32.